The van der Waals surface area contributed by atoms with Gasteiger partial charge in [-0.05, 0) is 36.1 Å². The highest BCUT2D eigenvalue weighted by Gasteiger charge is 2.14. The molecule has 5 heteroatoms. The second-order valence-electron chi connectivity index (χ2n) is 4.85. The van der Waals surface area contributed by atoms with Gasteiger partial charge >= 0.3 is 0 Å². The van der Waals surface area contributed by atoms with Gasteiger partial charge in [0.1, 0.15) is 11.9 Å². The predicted octanol–water partition coefficient (Wildman–Crippen LogP) is 2.64. The Morgan fingerprint density at radius 1 is 1.14 bits per heavy atom. The van der Waals surface area contributed by atoms with E-state index in [-0.39, 0.29) is 0 Å². The molecule has 0 saturated heterocycles. The summed E-state index contributed by atoms with van der Waals surface area (Å²) >= 11 is 0. The summed E-state index contributed by atoms with van der Waals surface area (Å²) in [4.78, 5) is 8.18. The Bertz CT molecular complexity index is 893. The normalized spacial score (nSPS) is 10.5. The number of anilines is 2. The average Bonchev–Trinajstić information content (AvgIpc) is 2.47. The van der Waals surface area contributed by atoms with Crippen molar-refractivity contribution in [3.63, 3.8) is 0 Å². The lowest BCUT2D eigenvalue weighted by atomic mass is 9.94. The molecule has 3 aromatic rings. The number of rotatable bonds is 1. The van der Waals surface area contributed by atoms with Crippen LogP contribution in [0.25, 0.3) is 21.9 Å². The van der Waals surface area contributed by atoms with Crippen molar-refractivity contribution in [3.8, 4) is 17.2 Å². The van der Waals surface area contributed by atoms with Crippen molar-refractivity contribution in [1.82, 2.24) is 9.97 Å². The largest absolute Gasteiger partial charge is 0.397 e. The Hall–Kier alpha value is -3.13. The minimum Gasteiger partial charge on any atom is -0.397 e. The van der Waals surface area contributed by atoms with E-state index < -0.39 is 0 Å². The highest BCUT2D eigenvalue weighted by atomic mass is 14.8. The Morgan fingerprint density at radius 3 is 2.67 bits per heavy atom. The molecule has 3 rings (SSSR count). The number of nitrogens with two attached hydrogens (primary N) is 2. The molecule has 4 N–H and O–H groups in total. The molecule has 0 unspecified atom stereocenters. The second kappa shape index (κ2) is 4.76. The number of benzene rings is 1. The van der Waals surface area contributed by atoms with Gasteiger partial charge in [-0.25, -0.2) is 4.98 Å². The fraction of sp³-hybridized carbons (Fsp3) is 0.0625. The van der Waals surface area contributed by atoms with Crippen LogP contribution in [0.15, 0.2) is 36.8 Å². The van der Waals surface area contributed by atoms with Crippen LogP contribution in [-0.4, -0.2) is 9.97 Å². The topological polar surface area (TPSA) is 102 Å². The molecule has 0 radical (unpaired) electrons. The molecule has 2 aromatic heterocycles. The number of pyridine rings is 2. The van der Waals surface area contributed by atoms with Gasteiger partial charge in [0, 0.05) is 35.1 Å². The van der Waals surface area contributed by atoms with Crippen molar-refractivity contribution in [2.24, 2.45) is 0 Å². The fourth-order valence-electron chi connectivity index (χ4n) is 2.42. The van der Waals surface area contributed by atoms with Crippen molar-refractivity contribution in [3.05, 3.63) is 47.9 Å². The van der Waals surface area contributed by atoms with Crippen LogP contribution in [0.4, 0.5) is 11.5 Å². The van der Waals surface area contributed by atoms with Crippen LogP contribution in [0.1, 0.15) is 11.1 Å². The Kier molecular flexibility index (Phi) is 2.92. The van der Waals surface area contributed by atoms with Crippen molar-refractivity contribution in [2.75, 3.05) is 11.5 Å². The highest BCUT2D eigenvalue weighted by molar-refractivity contribution is 6.01. The lowest BCUT2D eigenvalue weighted by Gasteiger charge is -2.12. The SMILES string of the molecule is Cc1ccncc1-c1cc2cc(N)ncc2c(N)c1C#N. The molecule has 0 bridgehead atoms. The van der Waals surface area contributed by atoms with E-state index in [0.29, 0.717) is 17.1 Å². The molecule has 5 nitrogen and oxygen atoms in total. The molecular formula is C16H13N5. The Labute approximate surface area is 121 Å². The lowest BCUT2D eigenvalue weighted by molar-refractivity contribution is 1.28. The molecule has 2 heterocycles. The summed E-state index contributed by atoms with van der Waals surface area (Å²) < 4.78 is 0. The maximum absolute atomic E-state index is 9.47. The van der Waals surface area contributed by atoms with Gasteiger partial charge in [0.15, 0.2) is 0 Å². The maximum Gasteiger partial charge on any atom is 0.123 e. The summed E-state index contributed by atoms with van der Waals surface area (Å²) in [5.74, 6) is 0.417. The quantitative estimate of drug-likeness (QED) is 0.665. The molecule has 102 valence electrons. The molecule has 0 amide bonds. The summed E-state index contributed by atoms with van der Waals surface area (Å²) in [6, 6.07) is 7.75. The zero-order chi connectivity index (χ0) is 15.0. The van der Waals surface area contributed by atoms with E-state index in [1.807, 2.05) is 19.1 Å². The molecule has 0 atom stereocenters. The number of hydrogen-bond acceptors (Lipinski definition) is 5. The molecule has 0 aliphatic rings. The molecule has 0 aliphatic carbocycles. The number of nitriles is 1. The lowest BCUT2D eigenvalue weighted by Crippen LogP contribution is -1.99. The fourth-order valence-corrected chi connectivity index (χ4v) is 2.42. The van der Waals surface area contributed by atoms with Crippen LogP contribution in [0.3, 0.4) is 0 Å². The minimum absolute atomic E-state index is 0.417. The number of aryl methyl sites for hydroxylation is 1. The summed E-state index contributed by atoms with van der Waals surface area (Å²) in [7, 11) is 0. The standard InChI is InChI=1S/C16H13N5/c1-9-2-3-20-7-13(9)11-4-10-5-15(18)21-8-14(10)16(19)12(11)6-17/h2-5,7-8H,19H2,1H3,(H2,18,21). The Balaban J connectivity index is 2.43. The summed E-state index contributed by atoms with van der Waals surface area (Å²) in [5, 5.41) is 11.1. The third kappa shape index (κ3) is 2.03. The molecule has 0 aliphatic heterocycles. The first-order chi connectivity index (χ1) is 10.1. The van der Waals surface area contributed by atoms with Gasteiger partial charge in [-0.15, -0.1) is 0 Å². The van der Waals surface area contributed by atoms with Gasteiger partial charge in [0.2, 0.25) is 0 Å². The predicted molar refractivity (Wildman–Crippen MR) is 83.3 cm³/mol. The van der Waals surface area contributed by atoms with Crippen LogP contribution in [0.5, 0.6) is 0 Å². The second-order valence-corrected chi connectivity index (χ2v) is 4.85. The van der Waals surface area contributed by atoms with Gasteiger partial charge < -0.3 is 11.5 Å². The first kappa shape index (κ1) is 12.9. The van der Waals surface area contributed by atoms with E-state index in [0.717, 1.165) is 27.5 Å². The third-order valence-electron chi connectivity index (χ3n) is 3.53. The van der Waals surface area contributed by atoms with E-state index in [2.05, 4.69) is 16.0 Å². The number of fused-ring (bicyclic) bond motifs is 1. The number of aromatic nitrogens is 2. The molecule has 21 heavy (non-hydrogen) atoms. The van der Waals surface area contributed by atoms with Crippen molar-refractivity contribution < 1.29 is 0 Å². The smallest absolute Gasteiger partial charge is 0.123 e. The minimum atomic E-state index is 0.417. The molecule has 0 saturated carbocycles. The zero-order valence-corrected chi connectivity index (χ0v) is 11.5. The van der Waals surface area contributed by atoms with E-state index in [1.165, 1.54) is 0 Å². The highest BCUT2D eigenvalue weighted by Crippen LogP contribution is 2.35. The van der Waals surface area contributed by atoms with Crippen LogP contribution < -0.4 is 11.5 Å². The summed E-state index contributed by atoms with van der Waals surface area (Å²) in [6.07, 6.45) is 5.05. The van der Waals surface area contributed by atoms with E-state index >= 15 is 0 Å². The maximum atomic E-state index is 9.47. The van der Waals surface area contributed by atoms with Crippen LogP contribution >= 0.6 is 0 Å². The third-order valence-corrected chi connectivity index (χ3v) is 3.53. The average molecular weight is 275 g/mol. The first-order valence-corrected chi connectivity index (χ1v) is 6.40. The number of hydrogen-bond donors (Lipinski definition) is 2. The zero-order valence-electron chi connectivity index (χ0n) is 11.5. The monoisotopic (exact) mass is 275 g/mol. The Morgan fingerprint density at radius 2 is 1.95 bits per heavy atom. The van der Waals surface area contributed by atoms with E-state index in [1.54, 1.807) is 24.7 Å². The van der Waals surface area contributed by atoms with Crippen molar-refractivity contribution >= 4 is 22.3 Å². The van der Waals surface area contributed by atoms with Gasteiger partial charge in [-0.2, -0.15) is 5.26 Å². The molecule has 0 spiro atoms. The van der Waals surface area contributed by atoms with Gasteiger partial charge in [-0.1, -0.05) is 0 Å². The van der Waals surface area contributed by atoms with Crippen LogP contribution in [-0.2, 0) is 0 Å². The van der Waals surface area contributed by atoms with Crippen molar-refractivity contribution in [1.29, 1.82) is 5.26 Å². The summed E-state index contributed by atoms with van der Waals surface area (Å²) in [5.41, 5.74) is 15.4. The van der Waals surface area contributed by atoms with Crippen LogP contribution in [0, 0.1) is 18.3 Å². The van der Waals surface area contributed by atoms with Gasteiger partial charge in [0.05, 0.1) is 11.3 Å². The summed E-state index contributed by atoms with van der Waals surface area (Å²) in [6.45, 7) is 1.97. The van der Waals surface area contributed by atoms with Crippen molar-refractivity contribution in [2.45, 2.75) is 6.92 Å². The molecular weight excluding hydrogens is 262 g/mol. The molecule has 0 fully saturated rings. The molecule has 1 aromatic carbocycles. The first-order valence-electron chi connectivity index (χ1n) is 6.40. The van der Waals surface area contributed by atoms with Gasteiger partial charge in [-0.3, -0.25) is 4.98 Å². The van der Waals surface area contributed by atoms with E-state index in [4.69, 9.17) is 11.5 Å². The number of nitrogen functional groups attached to an aromatic ring is 2. The van der Waals surface area contributed by atoms with Crippen LogP contribution in [0.2, 0.25) is 0 Å². The number of nitrogens with zero attached hydrogens (tertiary/aromatic N) is 3. The van der Waals surface area contributed by atoms with E-state index in [9.17, 15) is 5.26 Å². The van der Waals surface area contributed by atoms with Gasteiger partial charge in [0.25, 0.3) is 0 Å².